The number of fused-ring (bicyclic) bond motifs is 1. The molecule has 0 amide bonds. The topological polar surface area (TPSA) is 89.0 Å². The number of pyridine rings is 2. The third kappa shape index (κ3) is 3.64. The van der Waals surface area contributed by atoms with Gasteiger partial charge in [-0.15, -0.1) is 0 Å². The molecule has 9 nitrogen and oxygen atoms in total. The highest BCUT2D eigenvalue weighted by Crippen LogP contribution is 2.30. The van der Waals surface area contributed by atoms with E-state index in [4.69, 9.17) is 9.47 Å². The Morgan fingerprint density at radius 1 is 1.24 bits per heavy atom. The Bertz CT molecular complexity index is 1500. The smallest absolute Gasteiger partial charge is 0.333 e. The van der Waals surface area contributed by atoms with Crippen LogP contribution in [0.15, 0.2) is 48.1 Å². The molecule has 4 rings (SSSR count). The average molecular weight is 468 g/mol. The fourth-order valence-corrected chi connectivity index (χ4v) is 3.73. The maximum atomic E-state index is 14.9. The molecule has 4 aromatic rings. The summed E-state index contributed by atoms with van der Waals surface area (Å²) in [5.41, 5.74) is 2.53. The third-order valence-electron chi connectivity index (χ3n) is 5.54. The second-order valence-corrected chi connectivity index (χ2v) is 7.43. The van der Waals surface area contributed by atoms with Crippen LogP contribution in [-0.4, -0.2) is 43.1 Å². The van der Waals surface area contributed by atoms with Gasteiger partial charge >= 0.3 is 5.69 Å². The van der Waals surface area contributed by atoms with Crippen LogP contribution in [0.4, 0.5) is 8.78 Å². The number of ether oxygens (including phenoxy) is 2. The number of hydrogen-bond donors (Lipinski definition) is 0. The summed E-state index contributed by atoms with van der Waals surface area (Å²) in [7, 11) is 4.43. The first-order chi connectivity index (χ1) is 16.3. The molecule has 0 spiro atoms. The molecule has 0 aliphatic heterocycles. The Morgan fingerprint density at radius 2 is 2.00 bits per heavy atom. The molecule has 176 valence electrons. The Kier molecular flexibility index (Phi) is 6.01. The van der Waals surface area contributed by atoms with Crippen LogP contribution in [-0.2, 0) is 18.6 Å². The summed E-state index contributed by atoms with van der Waals surface area (Å²) >= 11 is 0. The van der Waals surface area contributed by atoms with Gasteiger partial charge in [0.05, 0.1) is 55.7 Å². The van der Waals surface area contributed by atoms with Crippen molar-refractivity contribution in [1.82, 2.24) is 28.9 Å². The van der Waals surface area contributed by atoms with Crippen LogP contribution in [0.5, 0.6) is 5.75 Å². The van der Waals surface area contributed by atoms with Crippen LogP contribution in [0.2, 0.25) is 0 Å². The van der Waals surface area contributed by atoms with Crippen LogP contribution in [0, 0.1) is 12.7 Å². The van der Waals surface area contributed by atoms with Crippen molar-refractivity contribution in [2.45, 2.75) is 13.7 Å². The number of imidazole rings is 1. The number of methoxy groups -OCH3 is 2. The van der Waals surface area contributed by atoms with Crippen molar-refractivity contribution in [1.29, 1.82) is 0 Å². The van der Waals surface area contributed by atoms with Gasteiger partial charge in [-0.1, -0.05) is 6.58 Å². The summed E-state index contributed by atoms with van der Waals surface area (Å²) in [6.45, 7) is 5.02. The summed E-state index contributed by atoms with van der Waals surface area (Å²) in [4.78, 5) is 21.4. The maximum Gasteiger partial charge on any atom is 0.333 e. The average Bonchev–Trinajstić information content (AvgIpc) is 3.42. The van der Waals surface area contributed by atoms with Crippen molar-refractivity contribution in [3.05, 3.63) is 76.4 Å². The van der Waals surface area contributed by atoms with Gasteiger partial charge in [-0.3, -0.25) is 19.1 Å². The number of aryl methyl sites for hydroxylation is 2. The second kappa shape index (κ2) is 8.93. The van der Waals surface area contributed by atoms with Crippen molar-refractivity contribution < 1.29 is 18.3 Å². The summed E-state index contributed by atoms with van der Waals surface area (Å²) in [5, 5.41) is 3.91. The molecule has 0 unspecified atom stereocenters. The Hall–Kier alpha value is -4.28. The Morgan fingerprint density at radius 3 is 2.65 bits per heavy atom. The molecule has 0 aromatic carbocycles. The minimum absolute atomic E-state index is 0.0488. The molecule has 11 heteroatoms. The number of hydrogen-bond acceptors (Lipinski definition) is 6. The van der Waals surface area contributed by atoms with E-state index in [1.54, 1.807) is 20.0 Å². The molecule has 0 radical (unpaired) electrons. The number of alkyl halides is 1. The minimum Gasteiger partial charge on any atom is -0.496 e. The molecule has 0 aliphatic carbocycles. The highest BCUT2D eigenvalue weighted by atomic mass is 19.1. The van der Waals surface area contributed by atoms with E-state index in [0.29, 0.717) is 39.2 Å². The zero-order chi connectivity index (χ0) is 24.6. The number of rotatable bonds is 7. The second-order valence-electron chi connectivity index (χ2n) is 7.43. The van der Waals surface area contributed by atoms with Crippen molar-refractivity contribution >= 4 is 22.7 Å². The Labute approximate surface area is 193 Å². The SMILES string of the molecule is C=C(/C(=C\c1ncc2c(c1C)n(-c1c(F)cncc1OC)c(=O)n2C)OC)c1cnn(CF)c1. The van der Waals surface area contributed by atoms with E-state index in [2.05, 4.69) is 21.6 Å². The van der Waals surface area contributed by atoms with Gasteiger partial charge < -0.3 is 9.47 Å². The lowest BCUT2D eigenvalue weighted by Gasteiger charge is -2.12. The van der Waals surface area contributed by atoms with E-state index in [-0.39, 0.29) is 11.4 Å². The number of nitrogens with zero attached hydrogens (tertiary/aromatic N) is 6. The van der Waals surface area contributed by atoms with Gasteiger partial charge in [0.2, 0.25) is 0 Å². The zero-order valence-corrected chi connectivity index (χ0v) is 19.0. The first kappa shape index (κ1) is 22.9. The van der Waals surface area contributed by atoms with Crippen LogP contribution in [0.1, 0.15) is 16.8 Å². The maximum absolute atomic E-state index is 14.9. The highest BCUT2D eigenvalue weighted by Gasteiger charge is 2.23. The molecule has 34 heavy (non-hydrogen) atoms. The van der Waals surface area contributed by atoms with E-state index < -0.39 is 18.3 Å². The van der Waals surface area contributed by atoms with Crippen molar-refractivity contribution in [2.24, 2.45) is 7.05 Å². The molecular weight excluding hydrogens is 446 g/mol. The van der Waals surface area contributed by atoms with Gasteiger partial charge in [0.15, 0.2) is 18.4 Å². The van der Waals surface area contributed by atoms with Gasteiger partial charge in [0, 0.05) is 36.0 Å². The van der Waals surface area contributed by atoms with Crippen molar-refractivity contribution in [3.8, 4) is 11.4 Å². The van der Waals surface area contributed by atoms with Gasteiger partial charge in [0.25, 0.3) is 0 Å². The first-order valence-corrected chi connectivity index (χ1v) is 10.1. The molecule has 0 saturated heterocycles. The van der Waals surface area contributed by atoms with E-state index in [0.717, 1.165) is 10.9 Å². The van der Waals surface area contributed by atoms with Crippen molar-refractivity contribution in [3.63, 3.8) is 0 Å². The molecule has 0 aliphatic rings. The van der Waals surface area contributed by atoms with E-state index in [1.807, 2.05) is 0 Å². The predicted octanol–water partition coefficient (Wildman–Crippen LogP) is 3.40. The molecule has 0 fully saturated rings. The lowest BCUT2D eigenvalue weighted by Crippen LogP contribution is -2.22. The van der Waals surface area contributed by atoms with Gasteiger partial charge in [-0.2, -0.15) is 5.10 Å². The third-order valence-corrected chi connectivity index (χ3v) is 5.54. The normalized spacial score (nSPS) is 11.8. The number of halogens is 2. The molecule has 4 heterocycles. The standard InChI is InChI=1S/C23H22F2N6O3/c1-13(15-7-28-30(11-15)12-24)19(33-4)6-17-14(2)21-18(9-27-17)29(3)23(32)31(21)22-16(25)8-26-10-20(22)34-5/h6-11H,1,12H2,2-5H3/b19-6+. The molecule has 0 N–H and O–H groups in total. The molecular formula is C23H22F2N6O3. The predicted molar refractivity (Wildman–Crippen MR) is 123 cm³/mol. The fraction of sp³-hybridized carbons (Fsp3) is 0.217. The van der Waals surface area contributed by atoms with Crippen LogP contribution >= 0.6 is 0 Å². The minimum atomic E-state index is -0.767. The molecule has 0 atom stereocenters. The Balaban J connectivity index is 1.93. The zero-order valence-electron chi connectivity index (χ0n) is 19.0. The number of allylic oxidation sites excluding steroid dienone is 1. The van der Waals surface area contributed by atoms with Crippen LogP contribution in [0.25, 0.3) is 28.4 Å². The van der Waals surface area contributed by atoms with Gasteiger partial charge in [0.1, 0.15) is 11.4 Å². The highest BCUT2D eigenvalue weighted by molar-refractivity contribution is 5.86. The van der Waals surface area contributed by atoms with Crippen molar-refractivity contribution in [2.75, 3.05) is 14.2 Å². The quantitative estimate of drug-likeness (QED) is 0.305. The van der Waals surface area contributed by atoms with E-state index >= 15 is 0 Å². The first-order valence-electron chi connectivity index (χ1n) is 10.1. The fourth-order valence-electron chi connectivity index (χ4n) is 3.73. The summed E-state index contributed by atoms with van der Waals surface area (Å²) in [6.07, 6.45) is 8.51. The number of aromatic nitrogens is 6. The molecule has 0 bridgehead atoms. The largest absolute Gasteiger partial charge is 0.496 e. The van der Waals surface area contributed by atoms with Crippen LogP contribution < -0.4 is 10.4 Å². The van der Waals surface area contributed by atoms with Crippen LogP contribution in [0.3, 0.4) is 0 Å². The molecule has 0 saturated carbocycles. The van der Waals surface area contributed by atoms with E-state index in [1.165, 1.54) is 48.1 Å². The lowest BCUT2D eigenvalue weighted by atomic mass is 10.1. The monoisotopic (exact) mass is 468 g/mol. The van der Waals surface area contributed by atoms with Gasteiger partial charge in [-0.05, 0) is 6.92 Å². The van der Waals surface area contributed by atoms with E-state index in [9.17, 15) is 13.6 Å². The lowest BCUT2D eigenvalue weighted by molar-refractivity contribution is 0.314. The molecule has 4 aromatic heterocycles. The van der Waals surface area contributed by atoms with Gasteiger partial charge in [-0.25, -0.2) is 18.3 Å². The summed E-state index contributed by atoms with van der Waals surface area (Å²) in [5.74, 6) is -0.234. The summed E-state index contributed by atoms with van der Waals surface area (Å²) < 4.78 is 42.3. The summed E-state index contributed by atoms with van der Waals surface area (Å²) in [6, 6.07) is 0.